The lowest BCUT2D eigenvalue weighted by atomic mass is 10.0. The second-order valence-electron chi connectivity index (χ2n) is 4.42. The second-order valence-corrected chi connectivity index (χ2v) is 4.42. The Balaban J connectivity index is 3.03. The molecule has 0 aliphatic rings. The smallest absolute Gasteiger partial charge is 0.463 e. The summed E-state index contributed by atoms with van der Waals surface area (Å²) >= 11 is 0. The number of nitrogens with one attached hydrogen (secondary N) is 1. The number of esters is 1. The van der Waals surface area contributed by atoms with Crippen LogP contribution in [0.4, 0.5) is 13.2 Å². The van der Waals surface area contributed by atoms with Crippen LogP contribution in [0.2, 0.25) is 0 Å². The van der Waals surface area contributed by atoms with Crippen LogP contribution in [0.3, 0.4) is 0 Å². The van der Waals surface area contributed by atoms with Crippen LogP contribution in [0, 0.1) is 0 Å². The minimum absolute atomic E-state index is 0.0642. The number of hydrogen-bond acceptors (Lipinski definition) is 3. The van der Waals surface area contributed by atoms with E-state index in [4.69, 9.17) is 4.74 Å². The van der Waals surface area contributed by atoms with Crippen LogP contribution in [-0.4, -0.2) is 30.7 Å². The molecule has 0 spiro atoms. The van der Waals surface area contributed by atoms with Crippen molar-refractivity contribution in [1.29, 1.82) is 0 Å². The molecule has 1 rings (SSSR count). The molecule has 1 N–H and O–H groups in total. The van der Waals surface area contributed by atoms with Gasteiger partial charge in [0.1, 0.15) is 0 Å². The number of ether oxygens (including phenoxy) is 1. The van der Waals surface area contributed by atoms with Gasteiger partial charge in [-0.05, 0) is 25.5 Å². The lowest BCUT2D eigenvalue weighted by Gasteiger charge is -2.17. The predicted molar refractivity (Wildman–Crippen MR) is 74.7 cm³/mol. The van der Waals surface area contributed by atoms with E-state index in [9.17, 15) is 22.8 Å². The summed E-state index contributed by atoms with van der Waals surface area (Å²) in [7, 11) is 0. The Labute approximate surface area is 126 Å². The third-order valence-electron chi connectivity index (χ3n) is 2.70. The first kappa shape index (κ1) is 17.7. The van der Waals surface area contributed by atoms with E-state index < -0.39 is 24.1 Å². The predicted octanol–water partition coefficient (Wildman–Crippen LogP) is 2.70. The molecule has 0 aromatic heterocycles. The lowest BCUT2D eigenvalue weighted by molar-refractivity contribution is -0.174. The van der Waals surface area contributed by atoms with Gasteiger partial charge in [-0.25, -0.2) is 4.79 Å². The Morgan fingerprint density at radius 3 is 2.36 bits per heavy atom. The summed E-state index contributed by atoms with van der Waals surface area (Å²) in [6, 6.07) is 7.40. The molecule has 1 atom stereocenters. The van der Waals surface area contributed by atoms with E-state index >= 15 is 0 Å². The molecule has 1 aromatic rings. The fourth-order valence-electron chi connectivity index (χ4n) is 1.66. The maximum absolute atomic E-state index is 12.3. The van der Waals surface area contributed by atoms with Crippen molar-refractivity contribution in [1.82, 2.24) is 5.32 Å². The van der Waals surface area contributed by atoms with Gasteiger partial charge in [0.05, 0.1) is 18.2 Å². The van der Waals surface area contributed by atoms with Crippen molar-refractivity contribution >= 4 is 18.0 Å². The van der Waals surface area contributed by atoms with Gasteiger partial charge in [-0.2, -0.15) is 13.2 Å². The Morgan fingerprint density at radius 1 is 1.27 bits per heavy atom. The van der Waals surface area contributed by atoms with Crippen molar-refractivity contribution < 1.29 is 27.5 Å². The van der Waals surface area contributed by atoms with E-state index in [1.54, 1.807) is 42.6 Å². The topological polar surface area (TPSA) is 55.4 Å². The van der Waals surface area contributed by atoms with E-state index in [0.717, 1.165) is 0 Å². The van der Waals surface area contributed by atoms with Crippen molar-refractivity contribution in [2.24, 2.45) is 0 Å². The van der Waals surface area contributed by atoms with Crippen molar-refractivity contribution in [3.05, 3.63) is 41.5 Å². The van der Waals surface area contributed by atoms with Crippen molar-refractivity contribution in [3.8, 4) is 0 Å². The van der Waals surface area contributed by atoms with Gasteiger partial charge >= 0.3 is 18.1 Å². The molecule has 0 bridgehead atoms. The van der Waals surface area contributed by atoms with Crippen molar-refractivity contribution in [2.45, 2.75) is 26.1 Å². The zero-order valence-electron chi connectivity index (χ0n) is 12.1. The zero-order chi connectivity index (χ0) is 16.8. The monoisotopic (exact) mass is 315 g/mol. The molecule has 4 nitrogen and oxygen atoms in total. The van der Waals surface area contributed by atoms with Gasteiger partial charge in [-0.3, -0.25) is 4.79 Å². The van der Waals surface area contributed by atoms with Gasteiger partial charge in [0.25, 0.3) is 0 Å². The minimum atomic E-state index is -5.01. The molecule has 0 aliphatic carbocycles. The maximum Gasteiger partial charge on any atom is 0.471 e. The van der Waals surface area contributed by atoms with Gasteiger partial charge in [0, 0.05) is 0 Å². The Hall–Kier alpha value is -2.31. The Kier molecular flexibility index (Phi) is 6.15. The van der Waals surface area contributed by atoms with Crippen LogP contribution < -0.4 is 5.32 Å². The number of rotatable bonds is 5. The largest absolute Gasteiger partial charge is 0.471 e. The highest BCUT2D eigenvalue weighted by Crippen LogP contribution is 2.17. The van der Waals surface area contributed by atoms with Crippen LogP contribution in [0.15, 0.2) is 35.9 Å². The van der Waals surface area contributed by atoms with Gasteiger partial charge in [0.15, 0.2) is 0 Å². The molecule has 22 heavy (non-hydrogen) atoms. The first-order chi connectivity index (χ1) is 10.3. The van der Waals surface area contributed by atoms with Gasteiger partial charge in [0.2, 0.25) is 0 Å². The average molecular weight is 315 g/mol. The number of halogens is 3. The number of carbonyl (C=O) groups excluding carboxylic acids is 2. The summed E-state index contributed by atoms with van der Waals surface area (Å²) in [5, 5.41) is 1.75. The maximum atomic E-state index is 12.3. The van der Waals surface area contributed by atoms with Crippen molar-refractivity contribution in [3.63, 3.8) is 0 Å². The molecule has 1 amide bonds. The number of benzene rings is 1. The normalized spacial score (nSPS) is 13.4. The molecule has 0 radical (unpaired) electrons. The van der Waals surface area contributed by atoms with Crippen LogP contribution in [-0.2, 0) is 14.3 Å². The fraction of sp³-hybridized carbons (Fsp3) is 0.333. The Bertz CT molecular complexity index is 553. The molecular weight excluding hydrogens is 299 g/mol. The summed E-state index contributed by atoms with van der Waals surface area (Å²) in [6.45, 7) is 2.94. The highest BCUT2D eigenvalue weighted by atomic mass is 19.4. The number of amides is 1. The summed E-state index contributed by atoms with van der Waals surface area (Å²) in [6.07, 6.45) is -3.62. The molecule has 0 saturated heterocycles. The Morgan fingerprint density at radius 2 is 1.86 bits per heavy atom. The standard InChI is InChI=1S/C15H16F3NO3/c1-3-22-13(20)12(9-11-7-5-4-6-8-11)10(2)19-14(21)15(16,17)18/h4-10H,3H2,1-2H3,(H,19,21)/b12-9+/t10-/m1/s1. The molecule has 0 fully saturated rings. The lowest BCUT2D eigenvalue weighted by Crippen LogP contribution is -2.43. The molecule has 7 heteroatoms. The minimum Gasteiger partial charge on any atom is -0.463 e. The first-order valence-corrected chi connectivity index (χ1v) is 6.57. The fourth-order valence-corrected chi connectivity index (χ4v) is 1.66. The van der Waals surface area contributed by atoms with E-state index in [1.807, 2.05) is 0 Å². The van der Waals surface area contributed by atoms with Crippen LogP contribution in [0.1, 0.15) is 19.4 Å². The van der Waals surface area contributed by atoms with E-state index in [1.165, 1.54) is 13.0 Å². The second kappa shape index (κ2) is 7.63. The van der Waals surface area contributed by atoms with Crippen LogP contribution in [0.25, 0.3) is 6.08 Å². The molecule has 120 valence electrons. The SMILES string of the molecule is CCOC(=O)/C(=C/c1ccccc1)[C@@H](C)NC(=O)C(F)(F)F. The van der Waals surface area contributed by atoms with Gasteiger partial charge in [-0.15, -0.1) is 0 Å². The number of hydrogen-bond donors (Lipinski definition) is 1. The summed E-state index contributed by atoms with van der Waals surface area (Å²) in [5.74, 6) is -2.88. The summed E-state index contributed by atoms with van der Waals surface area (Å²) in [4.78, 5) is 22.9. The third kappa shape index (κ3) is 5.23. The average Bonchev–Trinajstić information content (AvgIpc) is 2.44. The first-order valence-electron chi connectivity index (χ1n) is 6.57. The van der Waals surface area contributed by atoms with Gasteiger partial charge in [-0.1, -0.05) is 30.3 Å². The highest BCUT2D eigenvalue weighted by Gasteiger charge is 2.40. The van der Waals surface area contributed by atoms with Crippen molar-refractivity contribution in [2.75, 3.05) is 6.61 Å². The van der Waals surface area contributed by atoms with E-state index in [-0.39, 0.29) is 12.2 Å². The highest BCUT2D eigenvalue weighted by molar-refractivity contribution is 5.96. The number of carbonyl (C=O) groups is 2. The van der Waals surface area contributed by atoms with Crippen LogP contribution >= 0.6 is 0 Å². The molecule has 0 saturated carbocycles. The zero-order valence-corrected chi connectivity index (χ0v) is 12.1. The molecule has 0 heterocycles. The molecular formula is C15H16F3NO3. The number of alkyl halides is 3. The van der Waals surface area contributed by atoms with E-state index in [0.29, 0.717) is 5.56 Å². The van der Waals surface area contributed by atoms with Gasteiger partial charge < -0.3 is 10.1 Å². The molecule has 0 unspecified atom stereocenters. The quantitative estimate of drug-likeness (QED) is 0.671. The third-order valence-corrected chi connectivity index (χ3v) is 2.70. The summed E-state index contributed by atoms with van der Waals surface area (Å²) < 4.78 is 41.7. The molecule has 0 aliphatic heterocycles. The van der Waals surface area contributed by atoms with Crippen LogP contribution in [0.5, 0.6) is 0 Å². The molecule has 1 aromatic carbocycles. The summed E-state index contributed by atoms with van der Waals surface area (Å²) in [5.41, 5.74) is 0.546. The van der Waals surface area contributed by atoms with E-state index in [2.05, 4.69) is 0 Å².